The first-order valence-electron chi connectivity index (χ1n) is 6.68. The largest absolute Gasteiger partial charge is 0.419 e. The third-order valence-electron chi connectivity index (χ3n) is 3.59. The summed E-state index contributed by atoms with van der Waals surface area (Å²) in [5.41, 5.74) is 0.888. The zero-order valence-corrected chi connectivity index (χ0v) is 12.3. The van der Waals surface area contributed by atoms with Gasteiger partial charge in [0.2, 0.25) is 0 Å². The van der Waals surface area contributed by atoms with Crippen molar-refractivity contribution in [1.29, 1.82) is 0 Å². The second-order valence-corrected chi connectivity index (χ2v) is 5.26. The Labute approximate surface area is 121 Å². The average molecular weight is 293 g/mol. The van der Waals surface area contributed by atoms with Gasteiger partial charge in [-0.05, 0) is 25.5 Å². The molecule has 0 saturated carbocycles. The number of carbonyl (C=O) groups excluding carboxylic acids is 1. The van der Waals surface area contributed by atoms with Crippen molar-refractivity contribution in [2.24, 2.45) is 7.05 Å². The van der Waals surface area contributed by atoms with Crippen LogP contribution in [-0.2, 0) is 7.05 Å². The van der Waals surface area contributed by atoms with Crippen molar-refractivity contribution in [3.8, 4) is 0 Å². The zero-order chi connectivity index (χ0) is 15.6. The number of aliphatic hydroxyl groups is 1. The van der Waals surface area contributed by atoms with Crippen LogP contribution in [0.3, 0.4) is 0 Å². The first-order chi connectivity index (χ1) is 9.88. The molecular formula is C14H19N3O4. The number of aliphatic hydroxyl groups excluding tert-OH is 1. The number of aromatic nitrogens is 1. The van der Waals surface area contributed by atoms with Crippen molar-refractivity contribution < 1.29 is 14.3 Å². The van der Waals surface area contributed by atoms with Crippen LogP contribution in [0.2, 0.25) is 0 Å². The maximum absolute atomic E-state index is 11.9. The predicted molar refractivity (Wildman–Crippen MR) is 79.4 cm³/mol. The molecule has 0 spiro atoms. The second-order valence-electron chi connectivity index (χ2n) is 5.26. The van der Waals surface area contributed by atoms with E-state index in [-0.39, 0.29) is 6.61 Å². The summed E-state index contributed by atoms with van der Waals surface area (Å²) in [7, 11) is 1.61. The third-order valence-corrected chi connectivity index (χ3v) is 3.59. The molecular weight excluding hydrogens is 274 g/mol. The summed E-state index contributed by atoms with van der Waals surface area (Å²) in [4.78, 5) is 23.3. The molecule has 21 heavy (non-hydrogen) atoms. The van der Waals surface area contributed by atoms with E-state index >= 15 is 0 Å². The van der Waals surface area contributed by atoms with Crippen molar-refractivity contribution >= 4 is 22.8 Å². The SMILES string of the molecule is CCC(C)(CO)NC(=O)Nc1ccc2c(c1)oc(=O)n2C. The number of nitrogens with zero attached hydrogens (tertiary/aromatic N) is 1. The standard InChI is InChI=1S/C14H19N3O4/c1-4-14(2,8-18)16-12(19)15-9-5-6-10-11(7-9)21-13(20)17(10)3/h5-7,18H,4,8H2,1-3H3,(H2,15,16,19). The number of carbonyl (C=O) groups is 1. The third kappa shape index (κ3) is 3.08. The molecule has 1 atom stereocenters. The zero-order valence-electron chi connectivity index (χ0n) is 12.3. The number of nitrogens with one attached hydrogen (secondary N) is 2. The van der Waals surface area contributed by atoms with E-state index in [1.54, 1.807) is 32.2 Å². The Morgan fingerprint density at radius 3 is 2.81 bits per heavy atom. The monoisotopic (exact) mass is 293 g/mol. The summed E-state index contributed by atoms with van der Waals surface area (Å²) in [5, 5.41) is 14.6. The van der Waals surface area contributed by atoms with Gasteiger partial charge in [0.25, 0.3) is 0 Å². The van der Waals surface area contributed by atoms with Gasteiger partial charge in [-0.15, -0.1) is 0 Å². The molecule has 114 valence electrons. The number of benzene rings is 1. The van der Waals surface area contributed by atoms with E-state index in [1.165, 1.54) is 4.57 Å². The minimum absolute atomic E-state index is 0.149. The van der Waals surface area contributed by atoms with E-state index in [2.05, 4.69) is 10.6 Å². The molecule has 0 saturated heterocycles. The highest BCUT2D eigenvalue weighted by Gasteiger charge is 2.23. The van der Waals surface area contributed by atoms with E-state index in [4.69, 9.17) is 4.42 Å². The molecule has 0 fully saturated rings. The molecule has 1 aromatic heterocycles. The molecule has 2 amide bonds. The van der Waals surface area contributed by atoms with Gasteiger partial charge < -0.3 is 20.2 Å². The molecule has 3 N–H and O–H groups in total. The Balaban J connectivity index is 2.16. The van der Waals surface area contributed by atoms with Crippen LogP contribution in [0.4, 0.5) is 10.5 Å². The maximum atomic E-state index is 11.9. The fraction of sp³-hybridized carbons (Fsp3) is 0.429. The van der Waals surface area contributed by atoms with Crippen LogP contribution in [0.5, 0.6) is 0 Å². The van der Waals surface area contributed by atoms with Crippen molar-refractivity contribution in [3.63, 3.8) is 0 Å². The number of oxazole rings is 1. The quantitative estimate of drug-likeness (QED) is 0.794. The first kappa shape index (κ1) is 15.1. The van der Waals surface area contributed by atoms with Gasteiger partial charge in [-0.25, -0.2) is 9.59 Å². The molecule has 0 radical (unpaired) electrons. The van der Waals surface area contributed by atoms with E-state index in [1.807, 2.05) is 6.92 Å². The van der Waals surface area contributed by atoms with E-state index in [9.17, 15) is 14.7 Å². The summed E-state index contributed by atoms with van der Waals surface area (Å²) < 4.78 is 6.45. The Hall–Kier alpha value is -2.28. The highest BCUT2D eigenvalue weighted by Crippen LogP contribution is 2.18. The van der Waals surface area contributed by atoms with Crippen molar-refractivity contribution in [2.75, 3.05) is 11.9 Å². The lowest BCUT2D eigenvalue weighted by molar-refractivity contribution is 0.172. The number of fused-ring (bicyclic) bond motifs is 1. The molecule has 0 aliphatic heterocycles. The topological polar surface area (TPSA) is 96.5 Å². The van der Waals surface area contributed by atoms with E-state index in [0.717, 1.165) is 0 Å². The van der Waals surface area contributed by atoms with Gasteiger partial charge >= 0.3 is 11.8 Å². The fourth-order valence-corrected chi connectivity index (χ4v) is 1.89. The predicted octanol–water partition coefficient (Wildman–Crippen LogP) is 1.41. The average Bonchev–Trinajstić information content (AvgIpc) is 2.73. The van der Waals surface area contributed by atoms with Crippen LogP contribution in [0, 0.1) is 0 Å². The highest BCUT2D eigenvalue weighted by molar-refractivity contribution is 5.92. The Bertz CT molecular complexity index is 713. The fourth-order valence-electron chi connectivity index (χ4n) is 1.89. The first-order valence-corrected chi connectivity index (χ1v) is 6.68. The van der Waals surface area contributed by atoms with Crippen LogP contribution in [0.25, 0.3) is 11.1 Å². The van der Waals surface area contributed by atoms with Gasteiger partial charge in [-0.3, -0.25) is 4.57 Å². The lowest BCUT2D eigenvalue weighted by Gasteiger charge is -2.27. The second kappa shape index (κ2) is 5.61. The molecule has 0 bridgehead atoms. The number of urea groups is 1. The Morgan fingerprint density at radius 2 is 2.19 bits per heavy atom. The van der Waals surface area contributed by atoms with Gasteiger partial charge in [-0.1, -0.05) is 6.92 Å². The summed E-state index contributed by atoms with van der Waals surface area (Å²) in [5.74, 6) is -0.453. The van der Waals surface area contributed by atoms with E-state index < -0.39 is 17.3 Å². The number of anilines is 1. The van der Waals surface area contributed by atoms with Crippen molar-refractivity contribution in [2.45, 2.75) is 25.8 Å². The Kier molecular flexibility index (Phi) is 4.04. The molecule has 1 aromatic carbocycles. The number of aryl methyl sites for hydroxylation is 1. The molecule has 0 aliphatic rings. The van der Waals surface area contributed by atoms with Crippen LogP contribution in [0.15, 0.2) is 27.4 Å². The highest BCUT2D eigenvalue weighted by atomic mass is 16.4. The molecule has 0 aliphatic carbocycles. The molecule has 1 heterocycles. The molecule has 2 aromatic rings. The minimum atomic E-state index is -0.673. The summed E-state index contributed by atoms with van der Waals surface area (Å²) in [6.07, 6.45) is 0.601. The maximum Gasteiger partial charge on any atom is 0.419 e. The van der Waals surface area contributed by atoms with Gasteiger partial charge in [0.05, 0.1) is 17.7 Å². The number of hydrogen-bond acceptors (Lipinski definition) is 4. The molecule has 1 unspecified atom stereocenters. The molecule has 7 nitrogen and oxygen atoms in total. The van der Waals surface area contributed by atoms with Crippen LogP contribution < -0.4 is 16.4 Å². The molecule has 7 heteroatoms. The number of rotatable bonds is 4. The van der Waals surface area contributed by atoms with Gasteiger partial charge in [0.15, 0.2) is 5.58 Å². The lowest BCUT2D eigenvalue weighted by Crippen LogP contribution is -2.50. The van der Waals surface area contributed by atoms with Crippen LogP contribution >= 0.6 is 0 Å². The van der Waals surface area contributed by atoms with Crippen LogP contribution in [-0.4, -0.2) is 27.9 Å². The van der Waals surface area contributed by atoms with Gasteiger partial charge in [0.1, 0.15) is 0 Å². The van der Waals surface area contributed by atoms with Gasteiger partial charge in [0, 0.05) is 18.8 Å². The summed E-state index contributed by atoms with van der Waals surface area (Å²) >= 11 is 0. The number of hydrogen-bond donors (Lipinski definition) is 3. The smallest absolute Gasteiger partial charge is 0.408 e. The van der Waals surface area contributed by atoms with Crippen molar-refractivity contribution in [1.82, 2.24) is 9.88 Å². The van der Waals surface area contributed by atoms with E-state index in [0.29, 0.717) is 23.2 Å². The summed E-state index contributed by atoms with van der Waals surface area (Å²) in [6.45, 7) is 3.48. The lowest BCUT2D eigenvalue weighted by atomic mass is 10.0. The van der Waals surface area contributed by atoms with Crippen molar-refractivity contribution in [3.05, 3.63) is 28.7 Å². The summed E-state index contributed by atoms with van der Waals surface area (Å²) in [6, 6.07) is 4.53. The normalized spacial score (nSPS) is 13.9. The Morgan fingerprint density at radius 1 is 1.48 bits per heavy atom. The molecule has 2 rings (SSSR count). The van der Waals surface area contributed by atoms with Gasteiger partial charge in [-0.2, -0.15) is 0 Å². The minimum Gasteiger partial charge on any atom is -0.408 e. The number of amides is 2. The van der Waals surface area contributed by atoms with Crippen LogP contribution in [0.1, 0.15) is 20.3 Å².